The molecule has 0 aromatic heterocycles. The Morgan fingerprint density at radius 1 is 1.58 bits per heavy atom. The summed E-state index contributed by atoms with van der Waals surface area (Å²) < 4.78 is 21.4. The summed E-state index contributed by atoms with van der Waals surface area (Å²) in [6.45, 7) is 0. The van der Waals surface area contributed by atoms with Gasteiger partial charge in [-0.2, -0.15) is 0 Å². The first-order valence-electron chi connectivity index (χ1n) is 3.54. The van der Waals surface area contributed by atoms with Gasteiger partial charge in [0.25, 0.3) is 0 Å². The molecule has 0 aromatic carbocycles. The van der Waals surface area contributed by atoms with E-state index in [2.05, 4.69) is 5.73 Å². The predicted octanol–water partition coefficient (Wildman–Crippen LogP) is 1.72. The summed E-state index contributed by atoms with van der Waals surface area (Å²) in [5.74, 6) is 0.610. The molecule has 0 aliphatic heterocycles. The third kappa shape index (κ3) is 3.81. The molecular weight excluding hydrogens is 192 g/mol. The highest BCUT2D eigenvalue weighted by molar-refractivity contribution is 8.71. The first kappa shape index (κ1) is 9.65. The van der Waals surface area contributed by atoms with Crippen LogP contribution < -0.4 is 0 Å². The van der Waals surface area contributed by atoms with Crippen molar-refractivity contribution in [1.29, 1.82) is 0 Å². The Hall–Kier alpha value is -0.440. The van der Waals surface area contributed by atoms with Crippen molar-refractivity contribution in [3.8, 4) is 0 Å². The topological polar surface area (TPSA) is 34.1 Å². The summed E-state index contributed by atoms with van der Waals surface area (Å²) in [5.41, 5.74) is 4.09. The SMILES string of the molecule is CS(=O)(=O)SCCC1=C=CC=C1. The number of allylic oxidation sites excluding steroid dienone is 3. The van der Waals surface area contributed by atoms with Crippen LogP contribution >= 0.6 is 10.8 Å². The van der Waals surface area contributed by atoms with Gasteiger partial charge >= 0.3 is 0 Å². The lowest BCUT2D eigenvalue weighted by Crippen LogP contribution is -1.91. The van der Waals surface area contributed by atoms with Gasteiger partial charge in [-0.05, 0) is 28.9 Å². The normalized spacial score (nSPS) is 15.2. The van der Waals surface area contributed by atoms with Gasteiger partial charge in [-0.25, -0.2) is 8.42 Å². The third-order valence-corrected chi connectivity index (χ3v) is 3.91. The highest BCUT2D eigenvalue weighted by atomic mass is 33.1. The largest absolute Gasteiger partial charge is 0.218 e. The van der Waals surface area contributed by atoms with Crippen LogP contribution in [0.15, 0.2) is 29.5 Å². The van der Waals surface area contributed by atoms with E-state index in [0.717, 1.165) is 22.8 Å². The van der Waals surface area contributed by atoms with Crippen molar-refractivity contribution in [2.75, 3.05) is 12.0 Å². The molecule has 2 nitrogen and oxygen atoms in total. The maximum absolute atomic E-state index is 10.7. The molecule has 0 saturated carbocycles. The molecule has 0 saturated heterocycles. The minimum absolute atomic E-state index is 0.610. The Morgan fingerprint density at radius 2 is 2.33 bits per heavy atom. The van der Waals surface area contributed by atoms with Gasteiger partial charge < -0.3 is 0 Å². The zero-order valence-corrected chi connectivity index (χ0v) is 8.41. The Balaban J connectivity index is 2.29. The lowest BCUT2D eigenvalue weighted by molar-refractivity contribution is 0.615. The van der Waals surface area contributed by atoms with Gasteiger partial charge in [0.2, 0.25) is 0 Å². The molecule has 0 atom stereocenters. The maximum Gasteiger partial charge on any atom is 0.198 e. The average Bonchev–Trinajstić information content (AvgIpc) is 2.36. The van der Waals surface area contributed by atoms with Crippen LogP contribution in [-0.4, -0.2) is 20.4 Å². The van der Waals surface area contributed by atoms with E-state index in [1.807, 2.05) is 18.2 Å². The van der Waals surface area contributed by atoms with Gasteiger partial charge in [-0.15, -0.1) is 5.73 Å². The van der Waals surface area contributed by atoms with Crippen molar-refractivity contribution in [1.82, 2.24) is 0 Å². The lowest BCUT2D eigenvalue weighted by atomic mass is 10.2. The van der Waals surface area contributed by atoms with Crippen LogP contribution in [0.4, 0.5) is 0 Å². The summed E-state index contributed by atoms with van der Waals surface area (Å²) in [6.07, 6.45) is 7.68. The fraction of sp³-hybridized carbons (Fsp3) is 0.375. The molecule has 1 aliphatic rings. The van der Waals surface area contributed by atoms with E-state index >= 15 is 0 Å². The van der Waals surface area contributed by atoms with Crippen molar-refractivity contribution in [3.05, 3.63) is 29.5 Å². The number of hydrogen-bond acceptors (Lipinski definition) is 3. The molecule has 0 spiro atoms. The van der Waals surface area contributed by atoms with E-state index < -0.39 is 8.87 Å². The second-order valence-corrected chi connectivity index (χ2v) is 7.05. The number of rotatable bonds is 4. The van der Waals surface area contributed by atoms with Crippen molar-refractivity contribution < 1.29 is 8.42 Å². The minimum atomic E-state index is -2.87. The molecule has 4 heteroatoms. The van der Waals surface area contributed by atoms with Crippen molar-refractivity contribution in [2.24, 2.45) is 0 Å². The predicted molar refractivity (Wildman–Crippen MR) is 52.7 cm³/mol. The molecule has 0 bridgehead atoms. The van der Waals surface area contributed by atoms with Gasteiger partial charge in [0.15, 0.2) is 8.87 Å². The van der Waals surface area contributed by atoms with Crippen LogP contribution in [0.3, 0.4) is 0 Å². The molecule has 0 radical (unpaired) electrons. The van der Waals surface area contributed by atoms with Crippen molar-refractivity contribution in [2.45, 2.75) is 6.42 Å². The van der Waals surface area contributed by atoms with Crippen LogP contribution in [0.5, 0.6) is 0 Å². The van der Waals surface area contributed by atoms with E-state index in [-0.39, 0.29) is 0 Å². The molecule has 66 valence electrons. The van der Waals surface area contributed by atoms with E-state index in [9.17, 15) is 8.42 Å². The molecule has 0 amide bonds. The average molecular weight is 202 g/mol. The maximum atomic E-state index is 10.7. The smallest absolute Gasteiger partial charge is 0.198 e. The zero-order valence-electron chi connectivity index (χ0n) is 6.78. The molecule has 0 unspecified atom stereocenters. The quantitative estimate of drug-likeness (QED) is 0.514. The fourth-order valence-corrected chi connectivity index (χ4v) is 2.59. The molecule has 0 heterocycles. The summed E-state index contributed by atoms with van der Waals surface area (Å²) in [6, 6.07) is 0. The van der Waals surface area contributed by atoms with Crippen LogP contribution in [0, 0.1) is 0 Å². The Morgan fingerprint density at radius 3 is 2.83 bits per heavy atom. The molecule has 0 fully saturated rings. The molecular formula is C8H10O2S2. The summed E-state index contributed by atoms with van der Waals surface area (Å²) >= 11 is 0. The van der Waals surface area contributed by atoms with E-state index in [4.69, 9.17) is 0 Å². The lowest BCUT2D eigenvalue weighted by Gasteiger charge is -1.96. The molecule has 12 heavy (non-hydrogen) atoms. The van der Waals surface area contributed by atoms with E-state index in [1.165, 1.54) is 6.26 Å². The molecule has 0 aromatic rings. The first-order chi connectivity index (χ1) is 5.58. The van der Waals surface area contributed by atoms with Crippen LogP contribution in [-0.2, 0) is 8.87 Å². The van der Waals surface area contributed by atoms with Crippen molar-refractivity contribution >= 4 is 19.7 Å². The fourth-order valence-electron chi connectivity index (χ4n) is 0.826. The van der Waals surface area contributed by atoms with Crippen LogP contribution in [0.25, 0.3) is 0 Å². The van der Waals surface area contributed by atoms with Gasteiger partial charge in [-0.3, -0.25) is 0 Å². The molecule has 1 rings (SSSR count). The highest BCUT2D eigenvalue weighted by Gasteiger charge is 2.03. The Bertz CT molecular complexity index is 343. The van der Waals surface area contributed by atoms with Gasteiger partial charge in [0.05, 0.1) is 0 Å². The first-order valence-corrected chi connectivity index (χ1v) is 6.94. The second kappa shape index (κ2) is 3.99. The summed E-state index contributed by atoms with van der Waals surface area (Å²) in [4.78, 5) is 0. The minimum Gasteiger partial charge on any atom is -0.218 e. The number of hydrogen-bond donors (Lipinski definition) is 0. The van der Waals surface area contributed by atoms with Crippen LogP contribution in [0.1, 0.15) is 6.42 Å². The third-order valence-electron chi connectivity index (χ3n) is 1.33. The monoisotopic (exact) mass is 202 g/mol. The second-order valence-electron chi connectivity index (χ2n) is 2.47. The van der Waals surface area contributed by atoms with Gasteiger partial charge in [0, 0.05) is 12.0 Å². The summed E-state index contributed by atoms with van der Waals surface area (Å²) in [5, 5.41) is 0. The van der Waals surface area contributed by atoms with Crippen molar-refractivity contribution in [3.63, 3.8) is 0 Å². The van der Waals surface area contributed by atoms with E-state index in [0.29, 0.717) is 5.75 Å². The molecule has 0 N–H and O–H groups in total. The highest BCUT2D eigenvalue weighted by Crippen LogP contribution is 2.15. The zero-order chi connectivity index (χ0) is 9.03. The van der Waals surface area contributed by atoms with Gasteiger partial charge in [0.1, 0.15) is 0 Å². The standard InChI is InChI=1S/C8H10O2S2/c1-12(9,10)11-7-6-8-4-2-3-5-8/h2-4H,6-7H2,1H3. The Kier molecular flexibility index (Phi) is 3.20. The van der Waals surface area contributed by atoms with Crippen LogP contribution in [0.2, 0.25) is 0 Å². The van der Waals surface area contributed by atoms with Gasteiger partial charge in [-0.1, -0.05) is 12.2 Å². The molecule has 1 aliphatic carbocycles. The Labute approximate surface area is 76.4 Å². The van der Waals surface area contributed by atoms with E-state index in [1.54, 1.807) is 0 Å². The summed E-state index contributed by atoms with van der Waals surface area (Å²) in [7, 11) is -1.89.